The van der Waals surface area contributed by atoms with E-state index in [1.807, 2.05) is 0 Å². The third-order valence-electron chi connectivity index (χ3n) is 1.73. The molecule has 11 heavy (non-hydrogen) atoms. The Morgan fingerprint density at radius 1 is 1.55 bits per heavy atom. The molecule has 1 rings (SSSR count). The van der Waals surface area contributed by atoms with E-state index < -0.39 is 24.2 Å². The number of aliphatic hydroxyl groups is 2. The standard InChI is InChI=1S/C7H9FO3/c1-3-2-4(9)5(8)7(11)6(3)10/h2,5-7,10-11H,1H3. The first-order valence-corrected chi connectivity index (χ1v) is 3.26. The Morgan fingerprint density at radius 3 is 2.64 bits per heavy atom. The van der Waals surface area contributed by atoms with Gasteiger partial charge in [0.05, 0.1) is 0 Å². The predicted molar refractivity (Wildman–Crippen MR) is 35.7 cm³/mol. The molecule has 1 aliphatic carbocycles. The monoisotopic (exact) mass is 160 g/mol. The van der Waals surface area contributed by atoms with Crippen LogP contribution in [0.3, 0.4) is 0 Å². The molecule has 0 aromatic rings. The summed E-state index contributed by atoms with van der Waals surface area (Å²) in [5, 5.41) is 17.9. The van der Waals surface area contributed by atoms with E-state index in [1.165, 1.54) is 6.92 Å². The Labute approximate surface area is 63.1 Å². The van der Waals surface area contributed by atoms with Crippen LogP contribution in [0.1, 0.15) is 6.92 Å². The predicted octanol–water partition coefficient (Wildman–Crippen LogP) is -0.425. The van der Waals surface area contributed by atoms with Crippen LogP contribution < -0.4 is 0 Å². The fourth-order valence-corrected chi connectivity index (χ4v) is 0.987. The van der Waals surface area contributed by atoms with E-state index in [2.05, 4.69) is 0 Å². The van der Waals surface area contributed by atoms with E-state index in [0.29, 0.717) is 5.57 Å². The summed E-state index contributed by atoms with van der Waals surface area (Å²) in [7, 11) is 0. The van der Waals surface area contributed by atoms with Crippen molar-refractivity contribution in [2.24, 2.45) is 0 Å². The van der Waals surface area contributed by atoms with E-state index in [1.54, 1.807) is 0 Å². The van der Waals surface area contributed by atoms with E-state index in [4.69, 9.17) is 10.2 Å². The number of alkyl halides is 1. The third-order valence-corrected chi connectivity index (χ3v) is 1.73. The van der Waals surface area contributed by atoms with Crippen LogP contribution in [0.15, 0.2) is 11.6 Å². The summed E-state index contributed by atoms with van der Waals surface area (Å²) < 4.78 is 12.6. The maximum Gasteiger partial charge on any atom is 0.192 e. The summed E-state index contributed by atoms with van der Waals surface area (Å²) in [6, 6.07) is 0. The number of hydrogen-bond donors (Lipinski definition) is 2. The molecule has 62 valence electrons. The Kier molecular flexibility index (Phi) is 2.06. The highest BCUT2D eigenvalue weighted by Gasteiger charge is 2.35. The van der Waals surface area contributed by atoms with E-state index in [0.717, 1.165) is 6.08 Å². The highest BCUT2D eigenvalue weighted by atomic mass is 19.1. The number of hydrogen-bond acceptors (Lipinski definition) is 3. The molecule has 0 spiro atoms. The van der Waals surface area contributed by atoms with Crippen molar-refractivity contribution in [2.75, 3.05) is 0 Å². The van der Waals surface area contributed by atoms with E-state index in [9.17, 15) is 9.18 Å². The molecule has 0 aromatic carbocycles. The molecule has 3 unspecified atom stereocenters. The van der Waals surface area contributed by atoms with Gasteiger partial charge in [-0.05, 0) is 18.6 Å². The number of rotatable bonds is 0. The molecular weight excluding hydrogens is 151 g/mol. The van der Waals surface area contributed by atoms with Gasteiger partial charge in [0.15, 0.2) is 12.0 Å². The van der Waals surface area contributed by atoms with E-state index in [-0.39, 0.29) is 0 Å². The highest BCUT2D eigenvalue weighted by molar-refractivity contribution is 5.95. The second-order valence-corrected chi connectivity index (χ2v) is 2.63. The third kappa shape index (κ3) is 1.32. The number of carbonyl (C=O) groups excluding carboxylic acids is 1. The molecule has 0 aliphatic heterocycles. The zero-order valence-corrected chi connectivity index (χ0v) is 5.99. The molecule has 0 radical (unpaired) electrons. The van der Waals surface area contributed by atoms with Crippen molar-refractivity contribution in [3.63, 3.8) is 0 Å². The van der Waals surface area contributed by atoms with Crippen molar-refractivity contribution in [1.82, 2.24) is 0 Å². The first-order valence-electron chi connectivity index (χ1n) is 3.26. The Balaban J connectivity index is 2.92. The number of carbonyl (C=O) groups is 1. The molecule has 0 fully saturated rings. The minimum atomic E-state index is -1.98. The molecule has 4 heteroatoms. The lowest BCUT2D eigenvalue weighted by atomic mass is 9.93. The topological polar surface area (TPSA) is 57.5 Å². The van der Waals surface area contributed by atoms with Gasteiger partial charge in [-0.25, -0.2) is 4.39 Å². The normalized spacial score (nSPS) is 38.7. The average Bonchev–Trinajstić information content (AvgIpc) is 1.97. The minimum Gasteiger partial charge on any atom is -0.387 e. The Morgan fingerprint density at radius 2 is 2.09 bits per heavy atom. The molecule has 0 saturated carbocycles. The van der Waals surface area contributed by atoms with Crippen LogP contribution >= 0.6 is 0 Å². The Bertz CT molecular complexity index is 212. The van der Waals surface area contributed by atoms with Crippen LogP contribution in [0, 0.1) is 0 Å². The van der Waals surface area contributed by atoms with Gasteiger partial charge < -0.3 is 10.2 Å². The first kappa shape index (κ1) is 8.36. The fraction of sp³-hybridized carbons (Fsp3) is 0.571. The molecule has 3 nitrogen and oxygen atoms in total. The van der Waals surface area contributed by atoms with Crippen molar-refractivity contribution in [1.29, 1.82) is 0 Å². The number of aliphatic hydroxyl groups excluding tert-OH is 2. The molecule has 0 aromatic heterocycles. The van der Waals surface area contributed by atoms with E-state index >= 15 is 0 Å². The van der Waals surface area contributed by atoms with Gasteiger partial charge in [-0.2, -0.15) is 0 Å². The van der Waals surface area contributed by atoms with Gasteiger partial charge >= 0.3 is 0 Å². The van der Waals surface area contributed by atoms with Crippen LogP contribution in [0.5, 0.6) is 0 Å². The van der Waals surface area contributed by atoms with Crippen molar-refractivity contribution in [2.45, 2.75) is 25.3 Å². The van der Waals surface area contributed by atoms with Crippen LogP contribution in [-0.2, 0) is 4.79 Å². The molecule has 0 bridgehead atoms. The molecule has 0 amide bonds. The maximum atomic E-state index is 12.6. The van der Waals surface area contributed by atoms with Gasteiger partial charge in [-0.3, -0.25) is 4.79 Å². The molecule has 1 aliphatic rings. The zero-order chi connectivity index (χ0) is 8.59. The summed E-state index contributed by atoms with van der Waals surface area (Å²) in [6.45, 7) is 1.47. The maximum absolute atomic E-state index is 12.6. The quantitative estimate of drug-likeness (QED) is 0.505. The van der Waals surface area contributed by atoms with Gasteiger partial charge in [0.2, 0.25) is 0 Å². The van der Waals surface area contributed by atoms with Gasteiger partial charge in [0.1, 0.15) is 12.2 Å². The van der Waals surface area contributed by atoms with Crippen LogP contribution in [-0.4, -0.2) is 34.4 Å². The lowest BCUT2D eigenvalue weighted by Crippen LogP contribution is -2.43. The molecule has 0 saturated heterocycles. The SMILES string of the molecule is CC1=CC(=O)C(F)C(O)C1O. The Hall–Kier alpha value is -0.740. The number of ketones is 1. The van der Waals surface area contributed by atoms with Crippen LogP contribution in [0.25, 0.3) is 0 Å². The summed E-state index contributed by atoms with van der Waals surface area (Å²) >= 11 is 0. The first-order chi connectivity index (χ1) is 5.04. The van der Waals surface area contributed by atoms with Gasteiger partial charge in [-0.1, -0.05) is 0 Å². The largest absolute Gasteiger partial charge is 0.387 e. The molecule has 3 atom stereocenters. The second kappa shape index (κ2) is 2.71. The summed E-state index contributed by atoms with van der Waals surface area (Å²) in [4.78, 5) is 10.6. The molecule has 0 heterocycles. The second-order valence-electron chi connectivity index (χ2n) is 2.63. The summed E-state index contributed by atoms with van der Waals surface area (Å²) in [5.74, 6) is -0.777. The number of allylic oxidation sites excluding steroid dienone is 1. The summed E-state index contributed by atoms with van der Waals surface area (Å²) in [6.07, 6.45) is -3.81. The highest BCUT2D eigenvalue weighted by Crippen LogP contribution is 2.18. The van der Waals surface area contributed by atoms with Crippen LogP contribution in [0.4, 0.5) is 4.39 Å². The van der Waals surface area contributed by atoms with Gasteiger partial charge in [-0.15, -0.1) is 0 Å². The van der Waals surface area contributed by atoms with Gasteiger partial charge in [0.25, 0.3) is 0 Å². The zero-order valence-electron chi connectivity index (χ0n) is 5.99. The minimum absolute atomic E-state index is 0.302. The van der Waals surface area contributed by atoms with Crippen LogP contribution in [0.2, 0.25) is 0 Å². The van der Waals surface area contributed by atoms with Crippen molar-refractivity contribution in [3.8, 4) is 0 Å². The smallest absolute Gasteiger partial charge is 0.192 e. The summed E-state index contributed by atoms with van der Waals surface area (Å²) in [5.41, 5.74) is 0.302. The fourth-order valence-electron chi connectivity index (χ4n) is 0.987. The lowest BCUT2D eigenvalue weighted by Gasteiger charge is -2.24. The molecule has 2 N–H and O–H groups in total. The lowest BCUT2D eigenvalue weighted by molar-refractivity contribution is -0.127. The van der Waals surface area contributed by atoms with Crippen molar-refractivity contribution in [3.05, 3.63) is 11.6 Å². The average molecular weight is 160 g/mol. The van der Waals surface area contributed by atoms with Crippen molar-refractivity contribution < 1.29 is 19.4 Å². The van der Waals surface area contributed by atoms with Crippen molar-refractivity contribution >= 4 is 5.78 Å². The van der Waals surface area contributed by atoms with Gasteiger partial charge in [0, 0.05) is 0 Å². The number of halogens is 1. The molecular formula is C7H9FO3.